The number of benzene rings is 1. The highest BCUT2D eigenvalue weighted by molar-refractivity contribution is 5.96. The standard InChI is InChI=1S/C24H33NO9/c1-23(2)33-20-17(25-21(26)13-10-14(27-3)18(29-5)15(11-13)28-4)19(31-22(20)34-23)16-12-30-24(32-16)8-6-7-9-24/h10-11,16-17,19-20,22H,6-9,12H2,1-5H3,(H,25,26)/t16-,17-,19-,20-,22-/m1/s1. The van der Waals surface area contributed by atoms with Crippen LogP contribution in [0.1, 0.15) is 49.9 Å². The maximum absolute atomic E-state index is 13.4. The van der Waals surface area contributed by atoms with Crippen LogP contribution in [0.4, 0.5) is 0 Å². The summed E-state index contributed by atoms with van der Waals surface area (Å²) in [5, 5.41) is 3.09. The van der Waals surface area contributed by atoms with Crippen LogP contribution in [0.2, 0.25) is 0 Å². The number of nitrogens with one attached hydrogen (secondary N) is 1. The second-order valence-corrected chi connectivity index (χ2v) is 9.57. The van der Waals surface area contributed by atoms with Crippen LogP contribution in [-0.2, 0) is 23.7 Å². The molecule has 5 rings (SSSR count). The molecule has 188 valence electrons. The molecule has 1 aromatic rings. The molecule has 3 aliphatic heterocycles. The lowest BCUT2D eigenvalue weighted by Crippen LogP contribution is -2.52. The first kappa shape index (κ1) is 23.6. The van der Waals surface area contributed by atoms with E-state index in [9.17, 15) is 4.79 Å². The first-order valence-electron chi connectivity index (χ1n) is 11.7. The molecule has 0 radical (unpaired) electrons. The van der Waals surface area contributed by atoms with Gasteiger partial charge in [-0.15, -0.1) is 0 Å². The van der Waals surface area contributed by atoms with Gasteiger partial charge in [-0.2, -0.15) is 0 Å². The van der Waals surface area contributed by atoms with Gasteiger partial charge in [0.1, 0.15) is 18.3 Å². The van der Waals surface area contributed by atoms with Gasteiger partial charge in [0.05, 0.1) is 34.0 Å². The lowest BCUT2D eigenvalue weighted by atomic mass is 10.0. The van der Waals surface area contributed by atoms with Crippen molar-refractivity contribution in [3.05, 3.63) is 17.7 Å². The maximum atomic E-state index is 13.4. The number of fused-ring (bicyclic) bond motifs is 1. The summed E-state index contributed by atoms with van der Waals surface area (Å²) in [6.45, 7) is 4.04. The molecule has 3 heterocycles. The molecule has 34 heavy (non-hydrogen) atoms. The molecule has 10 nitrogen and oxygen atoms in total. The number of rotatable bonds is 6. The van der Waals surface area contributed by atoms with Gasteiger partial charge in [0, 0.05) is 18.4 Å². The van der Waals surface area contributed by atoms with Crippen molar-refractivity contribution in [3.8, 4) is 17.2 Å². The van der Waals surface area contributed by atoms with E-state index in [0.717, 1.165) is 25.7 Å². The summed E-state index contributed by atoms with van der Waals surface area (Å²) in [5.41, 5.74) is 0.353. The van der Waals surface area contributed by atoms with Crippen LogP contribution in [-0.4, -0.2) is 76.1 Å². The maximum Gasteiger partial charge on any atom is 0.251 e. The van der Waals surface area contributed by atoms with Crippen LogP contribution >= 0.6 is 0 Å². The number of carbonyl (C=O) groups is 1. The topological polar surface area (TPSA) is 103 Å². The highest BCUT2D eigenvalue weighted by Crippen LogP contribution is 2.45. The highest BCUT2D eigenvalue weighted by atomic mass is 16.8. The van der Waals surface area contributed by atoms with Crippen molar-refractivity contribution in [3.63, 3.8) is 0 Å². The zero-order valence-electron chi connectivity index (χ0n) is 20.3. The molecule has 5 atom stereocenters. The van der Waals surface area contributed by atoms with Crippen molar-refractivity contribution in [1.82, 2.24) is 5.32 Å². The smallest absolute Gasteiger partial charge is 0.251 e. The highest BCUT2D eigenvalue weighted by Gasteiger charge is 2.59. The minimum absolute atomic E-state index is 0.332. The Hall–Kier alpha value is -2.11. The van der Waals surface area contributed by atoms with Crippen molar-refractivity contribution < 1.29 is 42.7 Å². The van der Waals surface area contributed by atoms with E-state index in [-0.39, 0.29) is 12.0 Å². The first-order chi connectivity index (χ1) is 16.3. The summed E-state index contributed by atoms with van der Waals surface area (Å²) in [7, 11) is 4.53. The molecule has 0 bridgehead atoms. The van der Waals surface area contributed by atoms with Gasteiger partial charge in [-0.25, -0.2) is 0 Å². The largest absolute Gasteiger partial charge is 0.493 e. The van der Waals surface area contributed by atoms with Crippen LogP contribution in [0, 0.1) is 0 Å². The number of ether oxygens (including phenoxy) is 8. The minimum atomic E-state index is -0.824. The monoisotopic (exact) mass is 479 g/mol. The Morgan fingerprint density at radius 3 is 2.26 bits per heavy atom. The van der Waals surface area contributed by atoms with E-state index in [1.165, 1.54) is 21.3 Å². The van der Waals surface area contributed by atoms with E-state index in [2.05, 4.69) is 5.32 Å². The van der Waals surface area contributed by atoms with Gasteiger partial charge in [0.2, 0.25) is 5.75 Å². The summed E-state index contributed by atoms with van der Waals surface area (Å²) in [6.07, 6.45) is 1.94. The predicted octanol–water partition coefficient (Wildman–Crippen LogP) is 2.37. The summed E-state index contributed by atoms with van der Waals surface area (Å²) in [4.78, 5) is 13.4. The third-order valence-corrected chi connectivity index (χ3v) is 6.92. The zero-order valence-corrected chi connectivity index (χ0v) is 20.3. The van der Waals surface area contributed by atoms with Gasteiger partial charge in [-0.05, 0) is 38.8 Å². The second-order valence-electron chi connectivity index (χ2n) is 9.57. The number of hydrogen-bond donors (Lipinski definition) is 1. The predicted molar refractivity (Wildman–Crippen MR) is 118 cm³/mol. The fourth-order valence-corrected chi connectivity index (χ4v) is 5.38. The van der Waals surface area contributed by atoms with Crippen molar-refractivity contribution in [1.29, 1.82) is 0 Å². The van der Waals surface area contributed by atoms with Crippen molar-refractivity contribution >= 4 is 5.91 Å². The van der Waals surface area contributed by atoms with E-state index in [1.807, 2.05) is 13.8 Å². The number of hydrogen-bond acceptors (Lipinski definition) is 9. The van der Waals surface area contributed by atoms with Gasteiger partial charge in [0.25, 0.3) is 5.91 Å². The fourth-order valence-electron chi connectivity index (χ4n) is 5.38. The Bertz CT molecular complexity index is 904. The van der Waals surface area contributed by atoms with Gasteiger partial charge >= 0.3 is 0 Å². The van der Waals surface area contributed by atoms with Gasteiger partial charge < -0.3 is 43.2 Å². The molecule has 0 unspecified atom stereocenters. The molecule has 10 heteroatoms. The number of methoxy groups -OCH3 is 3. The van der Waals surface area contributed by atoms with Crippen LogP contribution in [0.5, 0.6) is 17.2 Å². The first-order valence-corrected chi connectivity index (χ1v) is 11.7. The molecule has 1 amide bonds. The molecule has 1 aliphatic carbocycles. The Morgan fingerprint density at radius 2 is 1.65 bits per heavy atom. The normalized spacial score (nSPS) is 33.1. The Morgan fingerprint density at radius 1 is 0.971 bits per heavy atom. The average Bonchev–Trinajstić information content (AvgIpc) is 3.58. The summed E-state index contributed by atoms with van der Waals surface area (Å²) >= 11 is 0. The average molecular weight is 480 g/mol. The molecule has 3 saturated heterocycles. The summed E-state index contributed by atoms with van der Waals surface area (Å²) < 4.78 is 46.9. The quantitative estimate of drug-likeness (QED) is 0.659. The van der Waals surface area contributed by atoms with E-state index in [4.69, 9.17) is 37.9 Å². The van der Waals surface area contributed by atoms with Gasteiger partial charge in [-0.1, -0.05) is 0 Å². The van der Waals surface area contributed by atoms with Crippen LogP contribution < -0.4 is 19.5 Å². The molecule has 0 aromatic heterocycles. The number of carbonyl (C=O) groups excluding carboxylic acids is 1. The van der Waals surface area contributed by atoms with Crippen molar-refractivity contribution in [2.75, 3.05) is 27.9 Å². The van der Waals surface area contributed by atoms with E-state index in [0.29, 0.717) is 29.4 Å². The molecule has 1 N–H and O–H groups in total. The molecule has 4 fully saturated rings. The zero-order chi connectivity index (χ0) is 24.1. The third-order valence-electron chi connectivity index (χ3n) is 6.92. The Labute approximate surface area is 199 Å². The van der Waals surface area contributed by atoms with Crippen molar-refractivity contribution in [2.24, 2.45) is 0 Å². The van der Waals surface area contributed by atoms with Gasteiger partial charge in [0.15, 0.2) is 29.4 Å². The molecular weight excluding hydrogens is 446 g/mol. The Kier molecular flexibility index (Phi) is 6.14. The molecule has 1 saturated carbocycles. The SMILES string of the molecule is COc1cc(C(=O)N[C@H]2[C@H]3OC(C)(C)O[C@H]3O[C@@H]2[C@H]2COC3(CCCC3)O2)cc(OC)c1OC. The minimum Gasteiger partial charge on any atom is -0.493 e. The lowest BCUT2D eigenvalue weighted by Gasteiger charge is -2.30. The molecule has 1 spiro atoms. The van der Waals surface area contributed by atoms with Crippen LogP contribution in [0.15, 0.2) is 12.1 Å². The molecule has 4 aliphatic rings. The van der Waals surface area contributed by atoms with Gasteiger partial charge in [-0.3, -0.25) is 4.79 Å². The van der Waals surface area contributed by atoms with Crippen LogP contribution in [0.25, 0.3) is 0 Å². The fraction of sp³-hybridized carbons (Fsp3) is 0.708. The van der Waals surface area contributed by atoms with E-state index >= 15 is 0 Å². The lowest BCUT2D eigenvalue weighted by molar-refractivity contribution is -0.226. The Balaban J connectivity index is 1.39. The molecular formula is C24H33NO9. The van der Waals surface area contributed by atoms with E-state index < -0.39 is 36.1 Å². The third kappa shape index (κ3) is 4.11. The van der Waals surface area contributed by atoms with E-state index in [1.54, 1.807) is 12.1 Å². The number of amides is 1. The summed E-state index contributed by atoms with van der Waals surface area (Å²) in [5.74, 6) is -0.506. The van der Waals surface area contributed by atoms with Crippen LogP contribution in [0.3, 0.4) is 0 Å². The van der Waals surface area contributed by atoms with Crippen molar-refractivity contribution in [2.45, 2.75) is 81.7 Å². The summed E-state index contributed by atoms with van der Waals surface area (Å²) in [6, 6.07) is 2.71. The second kappa shape index (κ2) is 8.83. The molecule has 1 aromatic carbocycles.